The van der Waals surface area contributed by atoms with Crippen molar-refractivity contribution in [1.82, 2.24) is 5.32 Å². The van der Waals surface area contributed by atoms with Gasteiger partial charge < -0.3 is 16.0 Å². The van der Waals surface area contributed by atoms with Gasteiger partial charge in [0.05, 0.1) is 28.4 Å². The van der Waals surface area contributed by atoms with Gasteiger partial charge in [-0.15, -0.1) is 0 Å². The number of nitrogens with one attached hydrogen (secondary N) is 3. The highest BCUT2D eigenvalue weighted by molar-refractivity contribution is 6.31. The number of anilines is 2. The Morgan fingerprint density at radius 3 is 2.55 bits per heavy atom. The van der Waals surface area contributed by atoms with E-state index in [0.29, 0.717) is 22.7 Å². The lowest BCUT2D eigenvalue weighted by atomic mass is 9.62. The number of fused-ring (bicyclic) bond motifs is 2. The minimum atomic E-state index is -1.43. The molecule has 3 aromatic carbocycles. The second kappa shape index (κ2) is 10.2. The molecule has 4 atom stereocenters. The summed E-state index contributed by atoms with van der Waals surface area (Å²) in [6.07, 6.45) is 0.441. The summed E-state index contributed by atoms with van der Waals surface area (Å²) in [6.45, 7) is 6.02. The predicted octanol–water partition coefficient (Wildman–Crippen LogP) is 6.53. The second-order valence-corrected chi connectivity index (χ2v) is 12.2. The molecule has 1 saturated heterocycles. The monoisotopic (exact) mass is 582 g/mol. The average Bonchev–Trinajstić information content (AvgIpc) is 3.35. The van der Waals surface area contributed by atoms with Crippen LogP contribution in [-0.4, -0.2) is 23.9 Å². The first kappa shape index (κ1) is 28.0. The quantitative estimate of drug-likeness (QED) is 0.326. The molecule has 0 saturated carbocycles. The van der Waals surface area contributed by atoms with Crippen LogP contribution in [0.4, 0.5) is 20.2 Å². The molecular weight excluding hydrogens is 557 g/mol. The van der Waals surface area contributed by atoms with Gasteiger partial charge in [0.25, 0.3) is 0 Å². The highest BCUT2D eigenvalue weighted by Crippen LogP contribution is 2.57. The maximum Gasteiger partial charge on any atom is 0.242 e. The number of rotatable bonds is 4. The molecule has 10 heteroatoms. The molecule has 1 fully saturated rings. The van der Waals surface area contributed by atoms with Gasteiger partial charge in [-0.05, 0) is 59.4 Å². The smallest absolute Gasteiger partial charge is 0.242 e. The fourth-order valence-electron chi connectivity index (χ4n) is 6.05. The van der Waals surface area contributed by atoms with Crippen molar-refractivity contribution in [2.24, 2.45) is 5.41 Å². The summed E-state index contributed by atoms with van der Waals surface area (Å²) in [5, 5.41) is 18.2. The van der Waals surface area contributed by atoms with Crippen molar-refractivity contribution in [2.75, 3.05) is 10.6 Å². The normalized spacial score (nSPS) is 23.6. The predicted molar refractivity (Wildman–Crippen MR) is 150 cm³/mol. The topological polar surface area (TPSA) is 94.0 Å². The third-order valence-corrected chi connectivity index (χ3v) is 8.10. The summed E-state index contributed by atoms with van der Waals surface area (Å²) in [7, 11) is 0. The Morgan fingerprint density at radius 2 is 1.88 bits per heavy atom. The van der Waals surface area contributed by atoms with Crippen LogP contribution in [0.25, 0.3) is 0 Å². The van der Waals surface area contributed by atoms with Gasteiger partial charge in [0, 0.05) is 22.7 Å². The van der Waals surface area contributed by atoms with Gasteiger partial charge in [0.2, 0.25) is 11.8 Å². The number of carbonyl (C=O) groups excluding carboxylic acids is 2. The van der Waals surface area contributed by atoms with Crippen molar-refractivity contribution in [2.45, 2.75) is 50.6 Å². The molecule has 3 aromatic rings. The minimum absolute atomic E-state index is 0.0785. The Kier molecular flexibility index (Phi) is 7.11. The standard InChI is InChI=1S/C30H26Cl2F2N4O2/c1-29(2,3)13-23-30(18-9-8-16(31)12-22(18)37-28(30)40)24(17-5-4-6-19(32)25(17)34)26(38-23)27(39)36-21-10-7-15(14-35)11-20(21)33/h4-12,23-24,26,38H,13H2,1-3H3,(H,36,39)(H,37,40)/t23-,24-,26+,30+/m0/s1. The molecule has 2 aliphatic heterocycles. The Bertz CT molecular complexity index is 1580. The molecule has 0 unspecified atom stereocenters. The molecule has 2 aliphatic rings. The van der Waals surface area contributed by atoms with Crippen LogP contribution < -0.4 is 16.0 Å². The average molecular weight is 583 g/mol. The fraction of sp³-hybridized carbons (Fsp3) is 0.300. The SMILES string of the molecule is CC(C)(C)C[C@@H]1N[C@@H](C(=O)Nc2ccc(C#N)cc2F)[C@H](c2cccc(Cl)c2F)[C@]12C(=O)Nc1cc(Cl)ccc12. The summed E-state index contributed by atoms with van der Waals surface area (Å²) in [5.74, 6) is -3.68. The number of benzene rings is 3. The molecule has 40 heavy (non-hydrogen) atoms. The zero-order chi connectivity index (χ0) is 29.0. The van der Waals surface area contributed by atoms with Crippen molar-refractivity contribution in [1.29, 1.82) is 5.26 Å². The minimum Gasteiger partial charge on any atom is -0.325 e. The molecule has 6 nitrogen and oxygen atoms in total. The van der Waals surface area contributed by atoms with Crippen molar-refractivity contribution in [3.8, 4) is 6.07 Å². The highest BCUT2D eigenvalue weighted by atomic mass is 35.5. The zero-order valence-electron chi connectivity index (χ0n) is 21.9. The molecule has 0 bridgehead atoms. The third-order valence-electron chi connectivity index (χ3n) is 7.58. The van der Waals surface area contributed by atoms with Crippen LogP contribution in [0.3, 0.4) is 0 Å². The van der Waals surface area contributed by atoms with Crippen LogP contribution in [-0.2, 0) is 15.0 Å². The lowest BCUT2D eigenvalue weighted by molar-refractivity contribution is -0.122. The molecule has 3 N–H and O–H groups in total. The van der Waals surface area contributed by atoms with Gasteiger partial charge >= 0.3 is 0 Å². The number of carbonyl (C=O) groups is 2. The molecule has 1 spiro atoms. The van der Waals surface area contributed by atoms with Crippen LogP contribution in [0.5, 0.6) is 0 Å². The molecule has 2 amide bonds. The Balaban J connectivity index is 1.72. The zero-order valence-corrected chi connectivity index (χ0v) is 23.4. The van der Waals surface area contributed by atoms with E-state index in [9.17, 15) is 14.0 Å². The molecular formula is C30H26Cl2F2N4O2. The van der Waals surface area contributed by atoms with Gasteiger partial charge in [-0.3, -0.25) is 9.59 Å². The van der Waals surface area contributed by atoms with Gasteiger partial charge in [-0.1, -0.05) is 62.2 Å². The van der Waals surface area contributed by atoms with Crippen molar-refractivity contribution >= 4 is 46.4 Å². The van der Waals surface area contributed by atoms with Crippen LogP contribution in [0.2, 0.25) is 10.0 Å². The summed E-state index contributed by atoms with van der Waals surface area (Å²) >= 11 is 12.5. The first-order valence-electron chi connectivity index (χ1n) is 12.7. The largest absolute Gasteiger partial charge is 0.325 e. The van der Waals surface area contributed by atoms with Crippen molar-refractivity contribution < 1.29 is 18.4 Å². The van der Waals surface area contributed by atoms with E-state index >= 15 is 4.39 Å². The summed E-state index contributed by atoms with van der Waals surface area (Å²) < 4.78 is 30.6. The second-order valence-electron chi connectivity index (χ2n) is 11.4. The first-order chi connectivity index (χ1) is 18.9. The Morgan fingerprint density at radius 1 is 1.12 bits per heavy atom. The Labute approximate surface area is 240 Å². The lowest BCUT2D eigenvalue weighted by Crippen LogP contribution is -2.49. The number of nitriles is 1. The van der Waals surface area contributed by atoms with E-state index in [2.05, 4.69) is 16.0 Å². The van der Waals surface area contributed by atoms with E-state index in [0.717, 1.165) is 6.07 Å². The Hall–Kier alpha value is -3.51. The molecule has 0 radical (unpaired) electrons. The van der Waals surface area contributed by atoms with E-state index in [1.165, 1.54) is 24.3 Å². The highest BCUT2D eigenvalue weighted by Gasteiger charge is 2.66. The van der Waals surface area contributed by atoms with E-state index in [-0.39, 0.29) is 27.3 Å². The van der Waals surface area contributed by atoms with Gasteiger partial charge in [0.1, 0.15) is 17.0 Å². The summed E-state index contributed by atoms with van der Waals surface area (Å²) in [6, 6.07) is 13.2. The number of amides is 2. The number of halogens is 4. The number of hydrogen-bond acceptors (Lipinski definition) is 4. The molecule has 0 aromatic heterocycles. The number of hydrogen-bond donors (Lipinski definition) is 3. The molecule has 5 rings (SSSR count). The number of nitrogens with zero attached hydrogens (tertiary/aromatic N) is 1. The summed E-state index contributed by atoms with van der Waals surface area (Å²) in [5.41, 5.74) is -0.651. The fourth-order valence-corrected chi connectivity index (χ4v) is 6.40. The maximum absolute atomic E-state index is 15.8. The van der Waals surface area contributed by atoms with Crippen LogP contribution in [0.15, 0.2) is 54.6 Å². The van der Waals surface area contributed by atoms with Crippen LogP contribution in [0.1, 0.15) is 49.8 Å². The van der Waals surface area contributed by atoms with Crippen molar-refractivity contribution in [3.05, 3.63) is 93.0 Å². The first-order valence-corrected chi connectivity index (χ1v) is 13.4. The van der Waals surface area contributed by atoms with E-state index in [1.54, 1.807) is 24.3 Å². The maximum atomic E-state index is 15.8. The summed E-state index contributed by atoms with van der Waals surface area (Å²) in [4.78, 5) is 28.0. The third kappa shape index (κ3) is 4.62. The van der Waals surface area contributed by atoms with Crippen LogP contribution in [0, 0.1) is 28.4 Å². The van der Waals surface area contributed by atoms with Crippen LogP contribution >= 0.6 is 23.2 Å². The van der Waals surface area contributed by atoms with Gasteiger partial charge in [-0.25, -0.2) is 8.78 Å². The lowest BCUT2D eigenvalue weighted by Gasteiger charge is -2.37. The van der Waals surface area contributed by atoms with Crippen molar-refractivity contribution in [3.63, 3.8) is 0 Å². The van der Waals surface area contributed by atoms with E-state index in [4.69, 9.17) is 28.5 Å². The van der Waals surface area contributed by atoms with E-state index in [1.807, 2.05) is 26.8 Å². The van der Waals surface area contributed by atoms with Gasteiger partial charge in [0.15, 0.2) is 0 Å². The van der Waals surface area contributed by atoms with E-state index < -0.39 is 46.9 Å². The molecule has 206 valence electrons. The molecule has 2 heterocycles. The van der Waals surface area contributed by atoms with Gasteiger partial charge in [-0.2, -0.15) is 5.26 Å². The molecule has 0 aliphatic carbocycles.